The molecule has 0 aliphatic rings. The molecule has 0 fully saturated rings. The molecule has 2 aromatic rings. The third-order valence-electron chi connectivity index (χ3n) is 6.53. The first-order valence-corrected chi connectivity index (χ1v) is 9.55. The number of nitrogens with zero attached hydrogens (tertiary/aromatic N) is 2. The number of carbonyl (C=O) groups is 2. The summed E-state index contributed by atoms with van der Waals surface area (Å²) in [6.07, 6.45) is 0. The quantitative estimate of drug-likeness (QED) is 0.188. The fraction of sp³-hybridized carbons (Fsp3) is 0.357. The van der Waals surface area contributed by atoms with E-state index in [0.717, 1.165) is 44.5 Å². The van der Waals surface area contributed by atoms with Crippen LogP contribution in [0.25, 0.3) is 10.6 Å². The van der Waals surface area contributed by atoms with Crippen molar-refractivity contribution in [2.45, 2.75) is 69.2 Å². The summed E-state index contributed by atoms with van der Waals surface area (Å²) < 4.78 is 0. The Balaban J connectivity index is -0.000000467. The molecule has 6 heteroatoms. The van der Waals surface area contributed by atoms with E-state index in [2.05, 4.69) is 24.5 Å². The Morgan fingerprint density at radius 3 is 0.706 bits per heavy atom. The van der Waals surface area contributed by atoms with Gasteiger partial charge in [0.2, 0.25) is 0 Å². The van der Waals surface area contributed by atoms with Crippen molar-refractivity contribution in [3.05, 3.63) is 96.0 Å². The topological polar surface area (TPSA) is 62.3 Å². The average Bonchev–Trinajstić information content (AvgIpc) is 2.67. The molecule has 0 bridgehead atoms. The van der Waals surface area contributed by atoms with Crippen molar-refractivity contribution >= 4 is 23.2 Å². The molecule has 0 saturated heterocycles. The van der Waals surface area contributed by atoms with Gasteiger partial charge in [-0.3, -0.25) is 0 Å². The van der Waals surface area contributed by atoms with Crippen LogP contribution < -0.4 is 0 Å². The first-order chi connectivity index (χ1) is 12.9. The van der Waals surface area contributed by atoms with Gasteiger partial charge in [-0.05, 0) is 103 Å². The molecule has 0 aliphatic carbocycles. The molecule has 0 aliphatic heterocycles. The van der Waals surface area contributed by atoms with Crippen molar-refractivity contribution in [3.63, 3.8) is 0 Å². The summed E-state index contributed by atoms with van der Waals surface area (Å²) in [5.74, 6) is -1.66. The summed E-state index contributed by atoms with van der Waals surface area (Å²) in [6, 6.07) is 0. The molecule has 0 unspecified atom stereocenters. The van der Waals surface area contributed by atoms with Crippen molar-refractivity contribution < 1.29 is 48.5 Å². The van der Waals surface area contributed by atoms with Gasteiger partial charge in [0.1, 0.15) is 11.8 Å². The van der Waals surface area contributed by atoms with Gasteiger partial charge in [0.05, 0.1) is 0 Å². The van der Waals surface area contributed by atoms with Crippen LogP contribution in [0.4, 0.5) is 11.4 Å². The first kappa shape index (κ1) is 42.8. The Bertz CT molecular complexity index is 873. The molecule has 2 rings (SSSR count). The minimum Gasteiger partial charge on any atom is -0.621 e. The van der Waals surface area contributed by atoms with Gasteiger partial charge >= 0.3 is 39.0 Å². The minimum atomic E-state index is -0.830. The molecule has 0 heterocycles. The fourth-order valence-corrected chi connectivity index (χ4v) is 3.59. The Morgan fingerprint density at radius 1 is 0.382 bits per heavy atom. The van der Waals surface area contributed by atoms with Gasteiger partial charge in [0.15, 0.2) is 0 Å². The van der Waals surface area contributed by atoms with Crippen LogP contribution in [0.5, 0.6) is 0 Å². The maximum atomic E-state index is 12.6. The summed E-state index contributed by atoms with van der Waals surface area (Å²) in [7, 11) is 0. The minimum absolute atomic E-state index is 0. The van der Waals surface area contributed by atoms with E-state index in [4.69, 9.17) is 0 Å². The standard InChI is InChI=1S/C24H32N2O2.4CH3.2Ru/c1-11-13(3)17(7)21(18(8)14(11)4)25-23(27)24(28)26-22-19(9)15(5)12(2)16(6)20(22)10;;;;;;/h1-10H3,(H2,25,26,27,28);4*1H3;;/q;4*-1;2*+3/p-2. The summed E-state index contributed by atoms with van der Waals surface area (Å²) in [6.45, 7) is 19.9. The first-order valence-electron chi connectivity index (χ1n) is 9.55. The van der Waals surface area contributed by atoms with Crippen LogP contribution >= 0.6 is 0 Å². The predicted molar refractivity (Wildman–Crippen MR) is 142 cm³/mol. The van der Waals surface area contributed by atoms with E-state index in [-0.39, 0.29) is 68.7 Å². The van der Waals surface area contributed by atoms with Crippen molar-refractivity contribution in [1.29, 1.82) is 0 Å². The molecule has 0 saturated carbocycles. The van der Waals surface area contributed by atoms with Crippen LogP contribution in [0, 0.1) is 98.9 Å². The molecule has 0 N–H and O–H groups in total. The Kier molecular flexibility index (Phi) is 20.5. The van der Waals surface area contributed by atoms with Crippen LogP contribution in [0.15, 0.2) is 0 Å². The summed E-state index contributed by atoms with van der Waals surface area (Å²) in [4.78, 5) is 25.2. The Hall–Kier alpha value is -1.37. The smallest absolute Gasteiger partial charge is 0.621 e. The van der Waals surface area contributed by atoms with E-state index < -0.39 is 11.8 Å². The van der Waals surface area contributed by atoms with E-state index >= 15 is 0 Å². The van der Waals surface area contributed by atoms with Crippen molar-refractivity contribution in [2.24, 2.45) is 0 Å². The number of hydrogen-bond donors (Lipinski definition) is 0. The van der Waals surface area contributed by atoms with Crippen molar-refractivity contribution in [3.8, 4) is 0 Å². The monoisotopic (exact) mass is 642 g/mol. The second-order valence-electron chi connectivity index (χ2n) is 7.78. The van der Waals surface area contributed by atoms with E-state index in [0.29, 0.717) is 11.4 Å². The summed E-state index contributed by atoms with van der Waals surface area (Å²) in [5, 5.41) is 8.31. The van der Waals surface area contributed by atoms with Crippen molar-refractivity contribution in [1.82, 2.24) is 0 Å². The van der Waals surface area contributed by atoms with Crippen LogP contribution in [0.1, 0.15) is 55.6 Å². The van der Waals surface area contributed by atoms with Crippen LogP contribution in [-0.2, 0) is 48.5 Å². The van der Waals surface area contributed by atoms with Gasteiger partial charge in [-0.2, -0.15) is 0 Å². The number of benzene rings is 2. The van der Waals surface area contributed by atoms with Crippen LogP contribution in [-0.4, -0.2) is 11.8 Å². The second kappa shape index (κ2) is 16.3. The zero-order chi connectivity index (χ0) is 21.5. The number of rotatable bonds is 2. The molecule has 0 aromatic heterocycles. The number of amides is 2. The predicted octanol–water partition coefficient (Wildman–Crippen LogP) is 8.33. The zero-order valence-electron chi connectivity index (χ0n) is 23.4. The summed E-state index contributed by atoms with van der Waals surface area (Å²) >= 11 is 0. The maximum absolute atomic E-state index is 12.6. The second-order valence-corrected chi connectivity index (χ2v) is 7.78. The number of hydrogen-bond acceptors (Lipinski definition) is 2. The molecule has 2 radical (unpaired) electrons. The van der Waals surface area contributed by atoms with Gasteiger partial charge in [-0.25, -0.2) is 0 Å². The molecule has 4 nitrogen and oxygen atoms in total. The SMILES string of the molecule is Cc1c(C)c(C)c([N-]C(=O)C(=O)[N-]c2c(C)c(C)c(C)c(C)c2C)c(C)c1C.[CH3-].[CH3-].[CH3-].[CH3-].[Ru+3].[Ru+3]. The molecule has 192 valence electrons. The van der Waals surface area contributed by atoms with E-state index in [1.54, 1.807) is 0 Å². The molecule has 2 amide bonds. The van der Waals surface area contributed by atoms with Crippen LogP contribution in [0.2, 0.25) is 0 Å². The van der Waals surface area contributed by atoms with Crippen molar-refractivity contribution in [2.75, 3.05) is 0 Å². The largest absolute Gasteiger partial charge is 3.00 e. The van der Waals surface area contributed by atoms with Crippen LogP contribution in [0.3, 0.4) is 0 Å². The molecule has 2 aromatic carbocycles. The molecular formula is C28H42N2O2Ru2. The third-order valence-corrected chi connectivity index (χ3v) is 6.53. The third kappa shape index (κ3) is 7.82. The Morgan fingerprint density at radius 2 is 0.529 bits per heavy atom. The van der Waals surface area contributed by atoms with E-state index in [1.807, 2.05) is 55.4 Å². The van der Waals surface area contributed by atoms with Gasteiger partial charge in [-0.1, -0.05) is 22.3 Å². The Labute approximate surface area is 236 Å². The molecule has 0 atom stereocenters. The zero-order valence-corrected chi connectivity index (χ0v) is 26.9. The van der Waals surface area contributed by atoms with Gasteiger partial charge in [0, 0.05) is 0 Å². The molecule has 0 spiro atoms. The van der Waals surface area contributed by atoms with Gasteiger partial charge < -0.3 is 49.9 Å². The summed E-state index contributed by atoms with van der Waals surface area (Å²) in [5.41, 5.74) is 11.6. The average molecular weight is 641 g/mol. The van der Waals surface area contributed by atoms with E-state index in [1.165, 1.54) is 11.1 Å². The fourth-order valence-electron chi connectivity index (χ4n) is 3.59. The normalized spacial score (nSPS) is 8.88. The van der Waals surface area contributed by atoms with E-state index in [9.17, 15) is 9.59 Å². The maximum Gasteiger partial charge on any atom is 3.00 e. The van der Waals surface area contributed by atoms with Gasteiger partial charge in [-0.15, -0.1) is 11.4 Å². The number of carbonyl (C=O) groups excluding carboxylic acids is 2. The molecule has 34 heavy (non-hydrogen) atoms. The molecular weight excluding hydrogens is 598 g/mol. The van der Waals surface area contributed by atoms with Gasteiger partial charge in [0.25, 0.3) is 0 Å².